The molecule has 0 N–H and O–H groups in total. The van der Waals surface area contributed by atoms with Crippen molar-refractivity contribution >= 4 is 7.60 Å². The van der Waals surface area contributed by atoms with Crippen LogP contribution in [0, 0.1) is 0 Å². The van der Waals surface area contributed by atoms with Gasteiger partial charge in [-0.15, -0.1) is 19.7 Å². The van der Waals surface area contributed by atoms with Gasteiger partial charge in [0.25, 0.3) is 0 Å². The first kappa shape index (κ1) is 18.8. The predicted octanol–water partition coefficient (Wildman–Crippen LogP) is 5.98. The van der Waals surface area contributed by atoms with Gasteiger partial charge in [-0.3, -0.25) is 0 Å². The zero-order valence-corrected chi connectivity index (χ0v) is 15.2. The number of rotatable bonds is 10. The molecule has 2 aromatic rings. The number of hydrogen-bond donors (Lipinski definition) is 0. The van der Waals surface area contributed by atoms with Crippen molar-refractivity contribution in [3.63, 3.8) is 0 Å². The molecule has 0 amide bonds. The van der Waals surface area contributed by atoms with Gasteiger partial charge in [-0.1, -0.05) is 42.5 Å². The molecule has 4 heteroatoms. The molecule has 25 heavy (non-hydrogen) atoms. The highest BCUT2D eigenvalue weighted by molar-refractivity contribution is 7.54. The summed E-state index contributed by atoms with van der Waals surface area (Å²) in [6.07, 6.45) is 6.88. The van der Waals surface area contributed by atoms with Crippen LogP contribution in [0.1, 0.15) is 11.1 Å². The molecule has 0 aliphatic heterocycles. The molecule has 0 unspecified atom stereocenters. The fourth-order valence-corrected chi connectivity index (χ4v) is 3.67. The van der Waals surface area contributed by atoms with E-state index in [2.05, 4.69) is 19.7 Å². The smallest absolute Gasteiger partial charge is 0.416 e. The molecule has 0 spiro atoms. The van der Waals surface area contributed by atoms with E-state index >= 15 is 0 Å². The molecule has 3 nitrogen and oxygen atoms in total. The average Bonchev–Trinajstić information content (AvgIpc) is 2.59. The zero-order chi connectivity index (χ0) is 18.1. The minimum atomic E-state index is -3.38. The summed E-state index contributed by atoms with van der Waals surface area (Å²) >= 11 is 0. The van der Waals surface area contributed by atoms with Crippen LogP contribution in [0.15, 0.2) is 86.5 Å². The van der Waals surface area contributed by atoms with Crippen molar-refractivity contribution in [1.29, 1.82) is 0 Å². The Labute approximate surface area is 149 Å². The molecule has 0 radical (unpaired) electrons. The summed E-state index contributed by atoms with van der Waals surface area (Å²) in [4.78, 5) is 0. The van der Waals surface area contributed by atoms with E-state index in [1.807, 2.05) is 36.4 Å². The Morgan fingerprint density at radius 1 is 0.720 bits per heavy atom. The summed E-state index contributed by atoms with van der Waals surface area (Å²) < 4.78 is 24.4. The van der Waals surface area contributed by atoms with Crippen molar-refractivity contribution in [1.82, 2.24) is 0 Å². The van der Waals surface area contributed by atoms with Gasteiger partial charge in [0.2, 0.25) is 0 Å². The van der Waals surface area contributed by atoms with Crippen molar-refractivity contribution in [3.05, 3.63) is 97.6 Å². The molecule has 0 saturated carbocycles. The fraction of sp³-hybridized carbons (Fsp3) is 0.143. The minimum absolute atomic E-state index is 0.121. The first-order chi connectivity index (χ1) is 12.1. The van der Waals surface area contributed by atoms with Gasteiger partial charge in [-0.2, -0.15) is 0 Å². The summed E-state index contributed by atoms with van der Waals surface area (Å²) in [6, 6.07) is 14.8. The molecular formula is C21H23O3P. The van der Waals surface area contributed by atoms with Crippen LogP contribution in [-0.2, 0) is 17.4 Å². The Morgan fingerprint density at radius 2 is 1.12 bits per heavy atom. The lowest BCUT2D eigenvalue weighted by Gasteiger charge is -2.19. The Bertz CT molecular complexity index is 701. The molecule has 0 aliphatic rings. The van der Waals surface area contributed by atoms with Gasteiger partial charge in [0, 0.05) is 0 Å². The van der Waals surface area contributed by atoms with Gasteiger partial charge in [0.1, 0.15) is 11.5 Å². The highest BCUT2D eigenvalue weighted by Crippen LogP contribution is 2.48. The average molecular weight is 354 g/mol. The quantitative estimate of drug-likeness (QED) is 0.389. The molecule has 0 bridgehead atoms. The number of benzene rings is 2. The van der Waals surface area contributed by atoms with Crippen LogP contribution in [0.3, 0.4) is 0 Å². The first-order valence-electron chi connectivity index (χ1n) is 8.07. The number of allylic oxidation sites excluding steroid dienone is 3. The lowest BCUT2D eigenvalue weighted by molar-refractivity contribution is 0.389. The third kappa shape index (κ3) is 5.81. The van der Waals surface area contributed by atoms with E-state index in [9.17, 15) is 4.57 Å². The van der Waals surface area contributed by atoms with E-state index < -0.39 is 7.60 Å². The second-order valence-electron chi connectivity index (χ2n) is 5.54. The molecule has 130 valence electrons. The van der Waals surface area contributed by atoms with Crippen molar-refractivity contribution < 1.29 is 13.6 Å². The minimum Gasteiger partial charge on any atom is -0.416 e. The molecule has 0 atom stereocenters. The van der Waals surface area contributed by atoms with Crippen molar-refractivity contribution in [2.75, 3.05) is 6.16 Å². The summed E-state index contributed by atoms with van der Waals surface area (Å²) in [5, 5.41) is 0. The van der Waals surface area contributed by atoms with E-state index in [-0.39, 0.29) is 6.16 Å². The largest absolute Gasteiger partial charge is 0.434 e. The van der Waals surface area contributed by atoms with Gasteiger partial charge < -0.3 is 9.05 Å². The lowest BCUT2D eigenvalue weighted by atomic mass is 10.1. The van der Waals surface area contributed by atoms with E-state index in [1.165, 1.54) is 0 Å². The fourth-order valence-electron chi connectivity index (χ4n) is 2.28. The van der Waals surface area contributed by atoms with Crippen LogP contribution in [0.5, 0.6) is 11.5 Å². The van der Waals surface area contributed by atoms with Crippen molar-refractivity contribution in [2.24, 2.45) is 0 Å². The molecule has 2 rings (SSSR count). The Balaban J connectivity index is 2.13. The molecular weight excluding hydrogens is 331 g/mol. The molecule has 0 heterocycles. The van der Waals surface area contributed by atoms with Crippen LogP contribution in [0.2, 0.25) is 0 Å². The molecule has 0 aromatic heterocycles. The van der Waals surface area contributed by atoms with Crippen LogP contribution < -0.4 is 9.05 Å². The molecule has 0 fully saturated rings. The number of hydrogen-bond acceptors (Lipinski definition) is 3. The second kappa shape index (κ2) is 9.10. The SMILES string of the molecule is C=CCc1ccc(OP(=O)(CC=C)Oc2ccc(CC=C)cc2)cc1. The highest BCUT2D eigenvalue weighted by atomic mass is 31.2. The summed E-state index contributed by atoms with van der Waals surface area (Å²) in [6.45, 7) is 11.1. The molecule has 2 aromatic carbocycles. The van der Waals surface area contributed by atoms with Crippen molar-refractivity contribution in [3.8, 4) is 11.5 Å². The van der Waals surface area contributed by atoms with E-state index in [1.54, 1.807) is 30.3 Å². The van der Waals surface area contributed by atoms with Gasteiger partial charge in [-0.05, 0) is 48.2 Å². The maximum Gasteiger partial charge on any atom is 0.434 e. The van der Waals surface area contributed by atoms with Crippen LogP contribution >= 0.6 is 7.60 Å². The summed E-state index contributed by atoms with van der Waals surface area (Å²) in [5.74, 6) is 1.00. The maximum atomic E-state index is 13.0. The highest BCUT2D eigenvalue weighted by Gasteiger charge is 2.26. The monoisotopic (exact) mass is 354 g/mol. The Kier molecular flexibility index (Phi) is 6.85. The Hall–Kier alpha value is -2.51. The van der Waals surface area contributed by atoms with E-state index in [0.29, 0.717) is 11.5 Å². The first-order valence-corrected chi connectivity index (χ1v) is 9.80. The lowest BCUT2D eigenvalue weighted by Crippen LogP contribution is -2.04. The van der Waals surface area contributed by atoms with Crippen LogP contribution in [0.25, 0.3) is 0 Å². The summed E-state index contributed by atoms with van der Waals surface area (Å²) in [7, 11) is -3.38. The predicted molar refractivity (Wildman–Crippen MR) is 105 cm³/mol. The molecule has 0 saturated heterocycles. The van der Waals surface area contributed by atoms with Crippen molar-refractivity contribution in [2.45, 2.75) is 12.8 Å². The zero-order valence-electron chi connectivity index (χ0n) is 14.3. The maximum absolute atomic E-state index is 13.0. The van der Waals surface area contributed by atoms with Crippen LogP contribution in [-0.4, -0.2) is 6.16 Å². The van der Waals surface area contributed by atoms with E-state index in [0.717, 1.165) is 24.0 Å². The normalized spacial score (nSPS) is 10.7. The third-order valence-electron chi connectivity index (χ3n) is 3.45. The van der Waals surface area contributed by atoms with Gasteiger partial charge >= 0.3 is 7.60 Å². The van der Waals surface area contributed by atoms with E-state index in [4.69, 9.17) is 9.05 Å². The summed E-state index contributed by atoms with van der Waals surface area (Å²) in [5.41, 5.74) is 2.22. The third-order valence-corrected chi connectivity index (χ3v) is 5.13. The Morgan fingerprint density at radius 3 is 1.44 bits per heavy atom. The van der Waals surface area contributed by atoms with Gasteiger partial charge in [-0.25, -0.2) is 4.57 Å². The van der Waals surface area contributed by atoms with Gasteiger partial charge in [0.15, 0.2) is 0 Å². The second-order valence-corrected chi connectivity index (χ2v) is 7.49. The van der Waals surface area contributed by atoms with Gasteiger partial charge in [0.05, 0.1) is 6.16 Å². The van der Waals surface area contributed by atoms with Crippen LogP contribution in [0.4, 0.5) is 0 Å². The molecule has 0 aliphatic carbocycles. The topological polar surface area (TPSA) is 35.5 Å². The standard InChI is InChI=1S/C21H23O3P/c1-4-7-18-9-13-20(14-10-18)23-25(22,17-6-3)24-21-15-11-19(8-5-2)12-16-21/h4-6,9-16H,1-3,7-8,17H2.